The van der Waals surface area contributed by atoms with Gasteiger partial charge in [0.2, 0.25) is 0 Å². The fraction of sp³-hybridized carbons (Fsp3) is 0.357. The highest BCUT2D eigenvalue weighted by atomic mass is 35.5. The lowest BCUT2D eigenvalue weighted by Gasteiger charge is -2.13. The number of halogens is 4. The van der Waals surface area contributed by atoms with Crippen molar-refractivity contribution in [2.75, 3.05) is 0 Å². The number of hydrogen-bond donors (Lipinski definition) is 0. The summed E-state index contributed by atoms with van der Waals surface area (Å²) in [6, 6.07) is 4.95. The van der Waals surface area contributed by atoms with E-state index in [1.807, 2.05) is 13.8 Å². The molecule has 0 unspecified atom stereocenters. The molecule has 0 atom stereocenters. The molecule has 1 aromatic heterocycles. The lowest BCUT2D eigenvalue weighted by Crippen LogP contribution is -2.07. The summed E-state index contributed by atoms with van der Waals surface area (Å²) in [7, 11) is 0. The van der Waals surface area contributed by atoms with Crippen LogP contribution in [0.3, 0.4) is 0 Å². The van der Waals surface area contributed by atoms with E-state index >= 15 is 0 Å². The number of alkyl halides is 4. The molecule has 0 N–H and O–H groups in total. The van der Waals surface area contributed by atoms with Crippen molar-refractivity contribution < 1.29 is 13.2 Å². The van der Waals surface area contributed by atoms with E-state index in [1.54, 1.807) is 10.9 Å². The fourth-order valence-corrected chi connectivity index (χ4v) is 2.31. The lowest BCUT2D eigenvalue weighted by molar-refractivity contribution is -0.137. The van der Waals surface area contributed by atoms with Crippen molar-refractivity contribution in [2.24, 2.45) is 0 Å². The van der Waals surface area contributed by atoms with Gasteiger partial charge in [0.15, 0.2) is 0 Å². The van der Waals surface area contributed by atoms with Crippen LogP contribution in [0.4, 0.5) is 13.2 Å². The molecule has 20 heavy (non-hydrogen) atoms. The highest BCUT2D eigenvalue weighted by Gasteiger charge is 2.30. The molecule has 0 fully saturated rings. The molecule has 0 amide bonds. The first kappa shape index (κ1) is 14.9. The fourth-order valence-electron chi connectivity index (χ4n) is 2.11. The quantitative estimate of drug-likeness (QED) is 0.748. The van der Waals surface area contributed by atoms with Crippen LogP contribution in [0.1, 0.15) is 36.6 Å². The van der Waals surface area contributed by atoms with Crippen molar-refractivity contribution in [1.82, 2.24) is 9.78 Å². The van der Waals surface area contributed by atoms with Crippen LogP contribution in [-0.2, 0) is 12.1 Å². The normalized spacial score (nSPS) is 12.2. The Kier molecular flexibility index (Phi) is 4.09. The van der Waals surface area contributed by atoms with Crippen LogP contribution in [-0.4, -0.2) is 9.78 Å². The summed E-state index contributed by atoms with van der Waals surface area (Å²) >= 11 is 5.86. The summed E-state index contributed by atoms with van der Waals surface area (Å²) in [5, 5.41) is 4.22. The molecule has 6 heteroatoms. The van der Waals surface area contributed by atoms with Gasteiger partial charge >= 0.3 is 6.18 Å². The predicted octanol–water partition coefficient (Wildman–Crippen LogP) is 4.75. The minimum Gasteiger partial charge on any atom is -0.237 e. The molecule has 0 aliphatic heterocycles. The maximum Gasteiger partial charge on any atom is 0.416 e. The molecule has 2 aromatic rings. The van der Waals surface area contributed by atoms with Gasteiger partial charge in [-0.3, -0.25) is 0 Å². The second-order valence-corrected chi connectivity index (χ2v) is 5.07. The van der Waals surface area contributed by atoms with Crippen molar-refractivity contribution >= 4 is 11.6 Å². The van der Waals surface area contributed by atoms with Gasteiger partial charge in [-0.25, -0.2) is 4.68 Å². The third-order valence-corrected chi connectivity index (χ3v) is 3.30. The number of nitrogens with zero attached hydrogens (tertiary/aromatic N) is 2. The van der Waals surface area contributed by atoms with E-state index in [0.29, 0.717) is 11.6 Å². The average molecular weight is 303 g/mol. The summed E-state index contributed by atoms with van der Waals surface area (Å²) in [6.45, 7) is 3.99. The minimum atomic E-state index is -4.33. The Morgan fingerprint density at radius 1 is 1.20 bits per heavy atom. The van der Waals surface area contributed by atoms with Crippen LogP contribution >= 0.6 is 11.6 Å². The van der Waals surface area contributed by atoms with Crippen molar-refractivity contribution in [3.05, 3.63) is 47.3 Å². The first-order valence-corrected chi connectivity index (χ1v) is 6.68. The largest absolute Gasteiger partial charge is 0.416 e. The van der Waals surface area contributed by atoms with E-state index in [0.717, 1.165) is 23.4 Å². The van der Waals surface area contributed by atoms with Gasteiger partial charge in [-0.2, -0.15) is 18.3 Å². The Balaban J connectivity index is 2.45. The van der Waals surface area contributed by atoms with Crippen LogP contribution in [0.2, 0.25) is 0 Å². The monoisotopic (exact) mass is 302 g/mol. The third kappa shape index (κ3) is 2.82. The summed E-state index contributed by atoms with van der Waals surface area (Å²) in [4.78, 5) is 0. The van der Waals surface area contributed by atoms with Gasteiger partial charge in [0.1, 0.15) is 0 Å². The minimum absolute atomic E-state index is 0.175. The Hall–Kier alpha value is -1.49. The van der Waals surface area contributed by atoms with Crippen LogP contribution < -0.4 is 0 Å². The van der Waals surface area contributed by atoms with Gasteiger partial charge in [0.25, 0.3) is 0 Å². The van der Waals surface area contributed by atoms with E-state index in [-0.39, 0.29) is 5.92 Å². The van der Waals surface area contributed by atoms with Crippen LogP contribution in [0, 0.1) is 0 Å². The maximum absolute atomic E-state index is 12.5. The number of aromatic nitrogens is 2. The second-order valence-electron chi connectivity index (χ2n) is 4.80. The topological polar surface area (TPSA) is 17.8 Å². The van der Waals surface area contributed by atoms with Crippen molar-refractivity contribution in [1.29, 1.82) is 0 Å². The van der Waals surface area contributed by atoms with Gasteiger partial charge in [-0.15, -0.1) is 11.6 Å². The van der Waals surface area contributed by atoms with Gasteiger partial charge in [-0.1, -0.05) is 13.8 Å². The first-order chi connectivity index (χ1) is 9.34. The molecule has 0 saturated heterocycles. The lowest BCUT2D eigenvalue weighted by atomic mass is 10.1. The predicted molar refractivity (Wildman–Crippen MR) is 72.2 cm³/mol. The molecular formula is C14H14ClF3N2. The zero-order valence-electron chi connectivity index (χ0n) is 11.1. The Morgan fingerprint density at radius 3 is 2.25 bits per heavy atom. The summed E-state index contributed by atoms with van der Waals surface area (Å²) in [5.74, 6) is 0.502. The standard InChI is InChI=1S/C14H14ClF3N2/c1-9(2)13-10(7-15)8-19-20(13)12-5-3-11(4-6-12)14(16,17)18/h3-6,8-9H,7H2,1-2H3. The molecule has 0 aliphatic carbocycles. The Labute approximate surface area is 120 Å². The van der Waals surface area contributed by atoms with E-state index in [9.17, 15) is 13.2 Å². The highest BCUT2D eigenvalue weighted by molar-refractivity contribution is 6.17. The Bertz CT molecular complexity index is 585. The van der Waals surface area contributed by atoms with E-state index in [2.05, 4.69) is 5.10 Å². The molecule has 1 aromatic carbocycles. The third-order valence-electron chi connectivity index (χ3n) is 3.02. The van der Waals surface area contributed by atoms with Crippen molar-refractivity contribution in [2.45, 2.75) is 31.8 Å². The SMILES string of the molecule is CC(C)c1c(CCl)cnn1-c1ccc(C(F)(F)F)cc1. The molecule has 0 bridgehead atoms. The smallest absolute Gasteiger partial charge is 0.237 e. The maximum atomic E-state index is 12.5. The van der Waals surface area contributed by atoms with E-state index in [1.165, 1.54) is 12.1 Å². The molecule has 0 saturated carbocycles. The van der Waals surface area contributed by atoms with E-state index in [4.69, 9.17) is 11.6 Å². The zero-order valence-corrected chi connectivity index (χ0v) is 11.8. The average Bonchev–Trinajstić information content (AvgIpc) is 2.81. The summed E-state index contributed by atoms with van der Waals surface area (Å²) in [6.07, 6.45) is -2.68. The molecule has 108 valence electrons. The van der Waals surface area contributed by atoms with Gasteiger partial charge in [0.05, 0.1) is 29.0 Å². The molecule has 2 nitrogen and oxygen atoms in total. The number of benzene rings is 1. The molecule has 1 heterocycles. The first-order valence-electron chi connectivity index (χ1n) is 6.15. The number of rotatable bonds is 3. The van der Waals surface area contributed by atoms with Crippen LogP contribution in [0.25, 0.3) is 5.69 Å². The second kappa shape index (κ2) is 5.48. The molecular weight excluding hydrogens is 289 g/mol. The zero-order chi connectivity index (χ0) is 14.9. The summed E-state index contributed by atoms with van der Waals surface area (Å²) < 4.78 is 39.3. The van der Waals surface area contributed by atoms with Gasteiger partial charge in [-0.05, 0) is 30.2 Å². The molecule has 0 aliphatic rings. The summed E-state index contributed by atoms with van der Waals surface area (Å²) in [5.41, 5.74) is 1.73. The molecule has 0 radical (unpaired) electrons. The van der Waals surface area contributed by atoms with Crippen molar-refractivity contribution in [3.63, 3.8) is 0 Å². The molecule has 0 spiro atoms. The van der Waals surface area contributed by atoms with Gasteiger partial charge < -0.3 is 0 Å². The van der Waals surface area contributed by atoms with Gasteiger partial charge in [0, 0.05) is 5.56 Å². The van der Waals surface area contributed by atoms with Crippen LogP contribution in [0.5, 0.6) is 0 Å². The van der Waals surface area contributed by atoms with Crippen molar-refractivity contribution in [3.8, 4) is 5.69 Å². The highest BCUT2D eigenvalue weighted by Crippen LogP contribution is 2.30. The number of hydrogen-bond acceptors (Lipinski definition) is 1. The van der Waals surface area contributed by atoms with Crippen LogP contribution in [0.15, 0.2) is 30.5 Å². The van der Waals surface area contributed by atoms with E-state index < -0.39 is 11.7 Å². The molecule has 2 rings (SSSR count). The Morgan fingerprint density at radius 2 is 1.80 bits per heavy atom.